The number of hydrazone groups is 1. The molecular weight excluding hydrogens is 418 g/mol. The largest absolute Gasteiger partial charge is 0.497 e. The van der Waals surface area contributed by atoms with Crippen LogP contribution in [0.2, 0.25) is 0 Å². The summed E-state index contributed by atoms with van der Waals surface area (Å²) in [6.07, 6.45) is 1.85. The topological polar surface area (TPSA) is 79.7 Å². The van der Waals surface area contributed by atoms with Gasteiger partial charge in [0.2, 0.25) is 12.3 Å². The van der Waals surface area contributed by atoms with Crippen molar-refractivity contribution in [2.24, 2.45) is 0 Å². The van der Waals surface area contributed by atoms with Gasteiger partial charge in [0, 0.05) is 16.7 Å². The molecule has 7 nitrogen and oxygen atoms in total. The summed E-state index contributed by atoms with van der Waals surface area (Å²) in [5.74, 6) is 0.786. The molecule has 1 aliphatic rings. The van der Waals surface area contributed by atoms with E-state index >= 15 is 0 Å². The number of rotatable bonds is 6. The SMILES string of the molecule is COc1ccc(/C=[N+]2\NC(=O)[C@@H](NC(=O)c3ccc(OC)cc3)[C@@H]2c2ccc(C)cc2)cc1. The number of nitrogens with one attached hydrogen (secondary N) is 2. The van der Waals surface area contributed by atoms with E-state index in [0.29, 0.717) is 11.3 Å². The molecule has 2 atom stereocenters. The van der Waals surface area contributed by atoms with Crippen molar-refractivity contribution in [1.29, 1.82) is 0 Å². The summed E-state index contributed by atoms with van der Waals surface area (Å²) in [4.78, 5) is 25.9. The predicted molar refractivity (Wildman–Crippen MR) is 125 cm³/mol. The van der Waals surface area contributed by atoms with Crippen LogP contribution < -0.4 is 20.2 Å². The van der Waals surface area contributed by atoms with Crippen LogP contribution in [0.1, 0.15) is 33.1 Å². The Morgan fingerprint density at radius 3 is 2.06 bits per heavy atom. The Bertz CT molecular complexity index is 1170. The summed E-state index contributed by atoms with van der Waals surface area (Å²) >= 11 is 0. The molecule has 0 aromatic heterocycles. The van der Waals surface area contributed by atoms with Crippen molar-refractivity contribution in [3.05, 3.63) is 95.1 Å². The number of hydrogen-bond donors (Lipinski definition) is 2. The van der Waals surface area contributed by atoms with Crippen LogP contribution in [0, 0.1) is 6.92 Å². The molecule has 4 rings (SSSR count). The van der Waals surface area contributed by atoms with Gasteiger partial charge in [-0.1, -0.05) is 29.8 Å². The maximum absolute atomic E-state index is 13.0. The highest BCUT2D eigenvalue weighted by Crippen LogP contribution is 2.26. The van der Waals surface area contributed by atoms with Crippen molar-refractivity contribution in [2.75, 3.05) is 14.2 Å². The lowest BCUT2D eigenvalue weighted by Gasteiger charge is -2.15. The molecule has 7 heteroatoms. The van der Waals surface area contributed by atoms with Gasteiger partial charge in [0.1, 0.15) is 11.5 Å². The van der Waals surface area contributed by atoms with Crippen LogP contribution in [0.15, 0.2) is 72.8 Å². The Hall–Kier alpha value is -4.13. The monoisotopic (exact) mass is 444 g/mol. The first-order chi connectivity index (χ1) is 16.0. The maximum Gasteiger partial charge on any atom is 0.304 e. The summed E-state index contributed by atoms with van der Waals surface area (Å²) < 4.78 is 12.1. The van der Waals surface area contributed by atoms with Crippen molar-refractivity contribution >= 4 is 18.0 Å². The number of methoxy groups -OCH3 is 2. The van der Waals surface area contributed by atoms with Crippen molar-refractivity contribution in [3.63, 3.8) is 0 Å². The maximum atomic E-state index is 13.0. The highest BCUT2D eigenvalue weighted by molar-refractivity contribution is 5.98. The van der Waals surface area contributed by atoms with E-state index in [0.717, 1.165) is 22.4 Å². The molecule has 2 N–H and O–H groups in total. The van der Waals surface area contributed by atoms with E-state index < -0.39 is 12.1 Å². The molecule has 0 aliphatic carbocycles. The third-order valence-corrected chi connectivity index (χ3v) is 5.60. The molecule has 1 aliphatic heterocycles. The molecule has 0 spiro atoms. The third kappa shape index (κ3) is 4.87. The molecule has 1 heterocycles. The van der Waals surface area contributed by atoms with Gasteiger partial charge < -0.3 is 14.8 Å². The van der Waals surface area contributed by atoms with E-state index in [1.54, 1.807) is 43.2 Å². The number of aryl methyl sites for hydroxylation is 1. The van der Waals surface area contributed by atoms with E-state index in [1.165, 1.54) is 0 Å². The number of hydrazine groups is 1. The summed E-state index contributed by atoms with van der Waals surface area (Å²) in [6.45, 7) is 2.01. The predicted octanol–water partition coefficient (Wildman–Crippen LogP) is 3.03. The number of amides is 2. The van der Waals surface area contributed by atoms with Crippen LogP contribution in [0.5, 0.6) is 11.5 Å². The number of carbonyl (C=O) groups is 2. The minimum absolute atomic E-state index is 0.285. The number of ether oxygens (including phenoxy) is 2. The second kappa shape index (κ2) is 9.56. The number of nitrogens with zero attached hydrogens (tertiary/aromatic N) is 1. The van der Waals surface area contributed by atoms with Gasteiger partial charge in [-0.2, -0.15) is 0 Å². The molecular formula is C26H26N3O4+. The van der Waals surface area contributed by atoms with Crippen molar-refractivity contribution in [1.82, 2.24) is 10.7 Å². The standard InChI is InChI=1S/C26H25N3O4/c1-17-4-8-19(9-5-17)24-23(27-25(30)20-10-14-22(33-3)15-11-20)26(31)28-29(24)16-18-6-12-21(32-2)13-7-18/h4-16,23-24H,1-3H3,(H-,27,28,30,31)/p+1/b29-16-/t23-,24-/m0/s1. The van der Waals surface area contributed by atoms with E-state index in [-0.39, 0.29) is 11.8 Å². The molecule has 0 unspecified atom stereocenters. The van der Waals surface area contributed by atoms with E-state index in [1.807, 2.05) is 61.7 Å². The van der Waals surface area contributed by atoms with Gasteiger partial charge in [-0.15, -0.1) is 10.1 Å². The molecule has 0 radical (unpaired) electrons. The molecule has 168 valence electrons. The number of carbonyl (C=O) groups excluding carboxylic acids is 2. The number of hydrogen-bond acceptors (Lipinski definition) is 4. The van der Waals surface area contributed by atoms with Crippen LogP contribution in [0.25, 0.3) is 0 Å². The fraction of sp³-hybridized carbons (Fsp3) is 0.192. The average Bonchev–Trinajstić information content (AvgIpc) is 3.14. The molecule has 2 amide bonds. The summed E-state index contributed by atoms with van der Waals surface area (Å²) in [7, 11) is 3.18. The molecule has 3 aromatic carbocycles. The van der Waals surface area contributed by atoms with Crippen LogP contribution in [0.3, 0.4) is 0 Å². The van der Waals surface area contributed by atoms with Gasteiger partial charge in [-0.05, 0) is 55.5 Å². The van der Waals surface area contributed by atoms with Crippen LogP contribution in [-0.2, 0) is 4.79 Å². The first kappa shape index (κ1) is 22.1. The summed E-state index contributed by atoms with van der Waals surface area (Å²) in [5, 5.41) is 2.91. The fourth-order valence-electron chi connectivity index (χ4n) is 3.76. The zero-order chi connectivity index (χ0) is 23.4. The number of benzene rings is 3. The Labute approximate surface area is 192 Å². The zero-order valence-corrected chi connectivity index (χ0v) is 18.7. The van der Waals surface area contributed by atoms with Crippen molar-refractivity contribution < 1.29 is 23.7 Å². The lowest BCUT2D eigenvalue weighted by Crippen LogP contribution is -2.42. The molecule has 3 aromatic rings. The molecule has 1 fully saturated rings. The van der Waals surface area contributed by atoms with Crippen molar-refractivity contribution in [2.45, 2.75) is 19.0 Å². The normalized spacial score (nSPS) is 18.6. The van der Waals surface area contributed by atoms with Gasteiger partial charge in [0.25, 0.3) is 5.91 Å². The van der Waals surface area contributed by atoms with Gasteiger partial charge in [0.05, 0.1) is 14.2 Å². The zero-order valence-electron chi connectivity index (χ0n) is 18.7. The van der Waals surface area contributed by atoms with E-state index in [2.05, 4.69) is 10.7 Å². The second-order valence-corrected chi connectivity index (χ2v) is 7.82. The highest BCUT2D eigenvalue weighted by atomic mass is 16.5. The minimum atomic E-state index is -0.781. The molecule has 0 bridgehead atoms. The van der Waals surface area contributed by atoms with Gasteiger partial charge >= 0.3 is 5.91 Å². The second-order valence-electron chi connectivity index (χ2n) is 7.82. The first-order valence-corrected chi connectivity index (χ1v) is 10.6. The lowest BCUT2D eigenvalue weighted by molar-refractivity contribution is -0.596. The van der Waals surface area contributed by atoms with Crippen LogP contribution in [0.4, 0.5) is 0 Å². The minimum Gasteiger partial charge on any atom is -0.497 e. The molecule has 0 saturated carbocycles. The Morgan fingerprint density at radius 1 is 0.909 bits per heavy atom. The van der Waals surface area contributed by atoms with Crippen LogP contribution >= 0.6 is 0 Å². The lowest BCUT2D eigenvalue weighted by atomic mass is 9.98. The van der Waals surface area contributed by atoms with Gasteiger partial charge in [-0.25, -0.2) is 0 Å². The summed E-state index contributed by atoms with van der Waals surface area (Å²) in [5.41, 5.74) is 6.24. The smallest absolute Gasteiger partial charge is 0.304 e. The Morgan fingerprint density at radius 2 is 1.48 bits per heavy atom. The Kier molecular flexibility index (Phi) is 6.40. The molecule has 33 heavy (non-hydrogen) atoms. The average molecular weight is 445 g/mol. The quantitative estimate of drug-likeness (QED) is 0.573. The van der Waals surface area contributed by atoms with Gasteiger partial charge in [0.15, 0.2) is 6.04 Å². The fourth-order valence-corrected chi connectivity index (χ4v) is 3.76. The Balaban J connectivity index is 1.66. The van der Waals surface area contributed by atoms with E-state index in [9.17, 15) is 9.59 Å². The van der Waals surface area contributed by atoms with E-state index in [4.69, 9.17) is 9.47 Å². The first-order valence-electron chi connectivity index (χ1n) is 10.6. The van der Waals surface area contributed by atoms with Crippen LogP contribution in [-0.4, -0.2) is 43.0 Å². The third-order valence-electron chi connectivity index (χ3n) is 5.60. The molecule has 1 saturated heterocycles. The van der Waals surface area contributed by atoms with Gasteiger partial charge in [-0.3, -0.25) is 9.59 Å². The highest BCUT2D eigenvalue weighted by Gasteiger charge is 2.47. The van der Waals surface area contributed by atoms with Crippen molar-refractivity contribution in [3.8, 4) is 11.5 Å². The summed E-state index contributed by atoms with van der Waals surface area (Å²) in [6, 6.07) is 21.0.